The second-order valence-corrected chi connectivity index (χ2v) is 3.45. The first-order valence-corrected chi connectivity index (χ1v) is 5.72. The van der Waals surface area contributed by atoms with Crippen molar-refractivity contribution in [2.24, 2.45) is 0 Å². The van der Waals surface area contributed by atoms with Crippen molar-refractivity contribution in [1.82, 2.24) is 4.90 Å². The zero-order chi connectivity index (χ0) is 11.7. The number of halogens is 1. The molecule has 0 rings (SSSR count). The van der Waals surface area contributed by atoms with Gasteiger partial charge in [0.15, 0.2) is 0 Å². The van der Waals surface area contributed by atoms with Crippen molar-refractivity contribution < 1.29 is 9.53 Å². The van der Waals surface area contributed by atoms with Crippen LogP contribution in [0.3, 0.4) is 0 Å². The van der Waals surface area contributed by atoms with Gasteiger partial charge in [-0.25, -0.2) is 4.79 Å². The Kier molecular flexibility index (Phi) is 12.6. The van der Waals surface area contributed by atoms with Gasteiger partial charge in [0.1, 0.15) is 0 Å². The summed E-state index contributed by atoms with van der Waals surface area (Å²) < 4.78 is 4.86. The summed E-state index contributed by atoms with van der Waals surface area (Å²) in [4.78, 5) is 13.6. The number of hydrogen-bond acceptors (Lipinski definition) is 3. The molecule has 0 aromatic carbocycles. The molecule has 0 aromatic heterocycles. The maximum absolute atomic E-state index is 11.2. The van der Waals surface area contributed by atoms with E-state index in [4.69, 9.17) is 4.74 Å². The Hall–Kier alpha value is -0.350. The van der Waals surface area contributed by atoms with Crippen LogP contribution >= 0.6 is 17.0 Å². The largest absolute Gasteiger partial charge is 0.463 e. The highest BCUT2D eigenvalue weighted by atomic mass is 79.9. The Morgan fingerprint density at radius 2 is 1.81 bits per heavy atom. The highest BCUT2D eigenvalue weighted by Crippen LogP contribution is 2.05. The number of esters is 1. The van der Waals surface area contributed by atoms with Crippen LogP contribution in [0, 0.1) is 0 Å². The number of ether oxygens (including phenoxy) is 1. The van der Waals surface area contributed by atoms with Crippen molar-refractivity contribution in [1.29, 1.82) is 0 Å². The van der Waals surface area contributed by atoms with Gasteiger partial charge in [-0.15, -0.1) is 17.0 Å². The van der Waals surface area contributed by atoms with Gasteiger partial charge in [-0.3, -0.25) is 0 Å². The lowest BCUT2D eigenvalue weighted by Crippen LogP contribution is -2.24. The third-order valence-electron chi connectivity index (χ3n) is 2.41. The van der Waals surface area contributed by atoms with E-state index in [0.29, 0.717) is 12.2 Å². The van der Waals surface area contributed by atoms with Crippen LogP contribution in [0.1, 0.15) is 33.6 Å². The maximum atomic E-state index is 11.2. The van der Waals surface area contributed by atoms with Crippen molar-refractivity contribution in [2.75, 3.05) is 26.2 Å². The highest BCUT2D eigenvalue weighted by molar-refractivity contribution is 8.93. The molecule has 0 fully saturated rings. The fourth-order valence-electron chi connectivity index (χ4n) is 1.39. The number of rotatable bonds is 8. The van der Waals surface area contributed by atoms with Crippen LogP contribution in [0.2, 0.25) is 0 Å². The molecule has 0 atom stereocenters. The van der Waals surface area contributed by atoms with E-state index in [1.54, 1.807) is 6.92 Å². The van der Waals surface area contributed by atoms with Gasteiger partial charge in [-0.1, -0.05) is 20.4 Å². The van der Waals surface area contributed by atoms with Crippen LogP contribution in [0.15, 0.2) is 12.2 Å². The van der Waals surface area contributed by atoms with Crippen LogP contribution in [0.4, 0.5) is 0 Å². The van der Waals surface area contributed by atoms with Gasteiger partial charge in [0.25, 0.3) is 0 Å². The van der Waals surface area contributed by atoms with E-state index in [2.05, 4.69) is 25.3 Å². The molecule has 4 heteroatoms. The molecular formula is C12H24BrNO2. The smallest absolute Gasteiger partial charge is 0.333 e. The number of nitrogens with zero attached hydrogens (tertiary/aromatic N) is 1. The van der Waals surface area contributed by atoms with Gasteiger partial charge in [-0.2, -0.15) is 0 Å². The van der Waals surface area contributed by atoms with E-state index in [1.807, 2.05) is 0 Å². The molecule has 0 aliphatic carbocycles. The van der Waals surface area contributed by atoms with Crippen LogP contribution < -0.4 is 0 Å². The third-order valence-corrected chi connectivity index (χ3v) is 2.41. The number of hydrogen-bond donors (Lipinski definition) is 0. The minimum absolute atomic E-state index is 0. The molecule has 0 radical (unpaired) electrons. The molecule has 0 saturated heterocycles. The molecule has 0 spiro atoms. The molecule has 0 saturated carbocycles. The summed E-state index contributed by atoms with van der Waals surface area (Å²) in [6, 6.07) is 0. The summed E-state index contributed by atoms with van der Waals surface area (Å²) in [5.41, 5.74) is 0.587. The Morgan fingerprint density at radius 3 is 2.25 bits per heavy atom. The summed E-state index contributed by atoms with van der Waals surface area (Å²) in [5.74, 6) is -0.253. The Labute approximate surface area is 110 Å². The van der Waals surface area contributed by atoms with Gasteiger partial charge in [0.05, 0.1) is 6.61 Å². The fourth-order valence-corrected chi connectivity index (χ4v) is 1.39. The molecule has 96 valence electrons. The van der Waals surface area contributed by atoms with Gasteiger partial charge in [0, 0.05) is 5.57 Å². The predicted molar refractivity (Wildman–Crippen MR) is 73.1 cm³/mol. The topological polar surface area (TPSA) is 29.5 Å². The van der Waals surface area contributed by atoms with Gasteiger partial charge >= 0.3 is 5.97 Å². The van der Waals surface area contributed by atoms with E-state index < -0.39 is 0 Å². The van der Waals surface area contributed by atoms with Crippen molar-refractivity contribution in [2.45, 2.75) is 33.6 Å². The Bertz CT molecular complexity index is 203. The van der Waals surface area contributed by atoms with Crippen LogP contribution in [0.25, 0.3) is 0 Å². The molecule has 16 heavy (non-hydrogen) atoms. The van der Waals surface area contributed by atoms with Crippen molar-refractivity contribution in [3.8, 4) is 0 Å². The van der Waals surface area contributed by atoms with Gasteiger partial charge < -0.3 is 9.64 Å². The van der Waals surface area contributed by atoms with Crippen LogP contribution in [-0.2, 0) is 9.53 Å². The Balaban J connectivity index is 0. The number of carbonyl (C=O) groups is 1. The molecule has 0 aliphatic heterocycles. The highest BCUT2D eigenvalue weighted by Gasteiger charge is 2.07. The van der Waals surface area contributed by atoms with Gasteiger partial charge in [0.2, 0.25) is 0 Å². The monoisotopic (exact) mass is 293 g/mol. The standard InChI is InChI=1S/C12H23NO2.BrH/c1-5-13(6-2)10-8-9-11(4)12(14)15-7-3;/h4-10H2,1-3H3;1H. The van der Waals surface area contributed by atoms with Crippen molar-refractivity contribution in [3.63, 3.8) is 0 Å². The fraction of sp³-hybridized carbons (Fsp3) is 0.750. The summed E-state index contributed by atoms with van der Waals surface area (Å²) in [6.07, 6.45) is 1.70. The van der Waals surface area contributed by atoms with Crippen LogP contribution in [0.5, 0.6) is 0 Å². The lowest BCUT2D eigenvalue weighted by atomic mass is 10.1. The molecule has 0 bridgehead atoms. The van der Waals surface area contributed by atoms with E-state index in [1.165, 1.54) is 0 Å². The first-order valence-electron chi connectivity index (χ1n) is 5.72. The minimum atomic E-state index is -0.253. The normalized spacial score (nSPS) is 9.75. The molecule has 0 aromatic rings. The SMILES string of the molecule is Br.C=C(CCCN(CC)CC)C(=O)OCC. The maximum Gasteiger partial charge on any atom is 0.333 e. The van der Waals surface area contributed by atoms with Crippen molar-refractivity contribution >= 4 is 23.0 Å². The Morgan fingerprint density at radius 1 is 1.25 bits per heavy atom. The first kappa shape index (κ1) is 18.0. The molecule has 3 nitrogen and oxygen atoms in total. The van der Waals surface area contributed by atoms with E-state index >= 15 is 0 Å². The third kappa shape index (κ3) is 7.88. The zero-order valence-electron chi connectivity index (χ0n) is 10.6. The molecule has 0 N–H and O–H groups in total. The summed E-state index contributed by atoms with van der Waals surface area (Å²) in [7, 11) is 0. The van der Waals surface area contributed by atoms with Gasteiger partial charge in [-0.05, 0) is 39.4 Å². The summed E-state index contributed by atoms with van der Waals surface area (Å²) in [5, 5.41) is 0. The van der Waals surface area contributed by atoms with Crippen molar-refractivity contribution in [3.05, 3.63) is 12.2 Å². The van der Waals surface area contributed by atoms with E-state index in [9.17, 15) is 4.79 Å². The predicted octanol–water partition coefficient (Wildman–Crippen LogP) is 2.81. The lowest BCUT2D eigenvalue weighted by molar-refractivity contribution is -0.138. The second-order valence-electron chi connectivity index (χ2n) is 3.45. The summed E-state index contributed by atoms with van der Waals surface area (Å²) >= 11 is 0. The molecule has 0 unspecified atom stereocenters. The lowest BCUT2D eigenvalue weighted by Gasteiger charge is -2.17. The molecule has 0 aliphatic rings. The first-order chi connectivity index (χ1) is 7.15. The minimum Gasteiger partial charge on any atom is -0.463 e. The molecule has 0 amide bonds. The van der Waals surface area contributed by atoms with E-state index in [-0.39, 0.29) is 23.0 Å². The molecular weight excluding hydrogens is 270 g/mol. The average Bonchev–Trinajstić information content (AvgIpc) is 2.24. The zero-order valence-corrected chi connectivity index (χ0v) is 12.3. The molecule has 0 heterocycles. The second kappa shape index (κ2) is 11.1. The average molecular weight is 294 g/mol. The van der Waals surface area contributed by atoms with E-state index in [0.717, 1.165) is 32.5 Å². The summed E-state index contributed by atoms with van der Waals surface area (Å²) in [6.45, 7) is 13.4. The number of carbonyl (C=O) groups excluding carboxylic acids is 1. The quantitative estimate of drug-likeness (QED) is 0.509. The van der Waals surface area contributed by atoms with Crippen LogP contribution in [-0.4, -0.2) is 37.1 Å².